The average Bonchev–Trinajstić information content (AvgIpc) is 3.63. The van der Waals surface area contributed by atoms with Crippen LogP contribution in [-0.2, 0) is 43.2 Å². The third kappa shape index (κ3) is 7.50. The number of nitrogens with one attached hydrogen (secondary N) is 2. The van der Waals surface area contributed by atoms with Crippen LogP contribution < -0.4 is 15.4 Å². The van der Waals surface area contributed by atoms with Crippen molar-refractivity contribution in [2.75, 3.05) is 13.7 Å². The molecule has 228 valence electrons. The smallest absolute Gasteiger partial charge is 0.248 e. The monoisotopic (exact) mass is 594 g/mol. The maximum atomic E-state index is 13.9. The molecule has 3 aromatic rings. The number of rotatable bonds is 14. The van der Waals surface area contributed by atoms with Gasteiger partial charge in [0.1, 0.15) is 11.4 Å². The van der Waals surface area contributed by atoms with Crippen molar-refractivity contribution in [2.24, 2.45) is 5.92 Å². The molecule has 1 aliphatic heterocycles. The lowest BCUT2D eigenvalue weighted by Crippen LogP contribution is -2.50. The summed E-state index contributed by atoms with van der Waals surface area (Å²) < 4.78 is 10.7. The molecule has 1 heterocycles. The van der Waals surface area contributed by atoms with Crippen LogP contribution in [0.4, 0.5) is 0 Å². The molecule has 3 aromatic carbocycles. The minimum Gasteiger partial charge on any atom is -0.497 e. The molecule has 0 saturated carbocycles. The summed E-state index contributed by atoms with van der Waals surface area (Å²) in [6, 6.07) is 22.9. The van der Waals surface area contributed by atoms with Crippen molar-refractivity contribution in [3.63, 3.8) is 0 Å². The summed E-state index contributed by atoms with van der Waals surface area (Å²) in [7, 11) is 1.58. The third-order valence-corrected chi connectivity index (χ3v) is 8.36. The molecule has 44 heavy (non-hydrogen) atoms. The Bertz CT molecular complexity index is 1560. The first-order valence-electron chi connectivity index (χ1n) is 14.9. The zero-order valence-electron chi connectivity index (χ0n) is 25.3. The van der Waals surface area contributed by atoms with Crippen LogP contribution in [-0.4, -0.2) is 54.8 Å². The number of hydrogen-bond donors (Lipinski definition) is 2. The minimum atomic E-state index is -0.929. The first-order chi connectivity index (χ1) is 21.1. The Kier molecular flexibility index (Phi) is 9.40. The normalized spacial score (nSPS) is 18.7. The molecule has 2 amide bonds. The Labute approximate surface area is 257 Å². The van der Waals surface area contributed by atoms with Gasteiger partial charge in [0.2, 0.25) is 11.8 Å². The summed E-state index contributed by atoms with van der Waals surface area (Å²) in [4.78, 5) is 53.8. The Morgan fingerprint density at radius 2 is 1.55 bits per heavy atom. The van der Waals surface area contributed by atoms with Gasteiger partial charge in [0.15, 0.2) is 11.6 Å². The zero-order valence-corrected chi connectivity index (χ0v) is 25.3. The number of fused-ring (bicyclic) bond motifs is 1. The molecule has 1 aliphatic carbocycles. The Balaban J connectivity index is 1.30. The molecule has 8 nitrogen and oxygen atoms in total. The van der Waals surface area contributed by atoms with Crippen LogP contribution in [0.15, 0.2) is 84.4 Å². The minimum absolute atomic E-state index is 0.113. The summed E-state index contributed by atoms with van der Waals surface area (Å²) in [5.74, 6) is -1.27. The molecule has 4 unspecified atom stereocenters. The average molecular weight is 595 g/mol. The molecule has 4 atom stereocenters. The zero-order chi connectivity index (χ0) is 31.3. The van der Waals surface area contributed by atoms with E-state index in [4.69, 9.17) is 9.47 Å². The first-order valence-corrected chi connectivity index (χ1v) is 14.9. The van der Waals surface area contributed by atoms with Crippen molar-refractivity contribution >= 4 is 29.5 Å². The molecule has 0 aromatic heterocycles. The lowest BCUT2D eigenvalue weighted by molar-refractivity contribution is -0.134. The maximum Gasteiger partial charge on any atom is 0.248 e. The van der Waals surface area contributed by atoms with Crippen molar-refractivity contribution in [3.8, 4) is 5.75 Å². The third-order valence-electron chi connectivity index (χ3n) is 8.36. The molecule has 0 radical (unpaired) electrons. The van der Waals surface area contributed by atoms with Gasteiger partial charge in [0.05, 0.1) is 25.8 Å². The van der Waals surface area contributed by atoms with E-state index in [0.29, 0.717) is 30.8 Å². The SMILES string of the molecule is COc1ccc(CC(CC(=O)C(C)NC(=O)C2=Cc3ccccc3C2)C(=O)NC(Cc2ccccc2)C(=O)C2(C)CO2)cc1. The van der Waals surface area contributed by atoms with Gasteiger partial charge in [-0.3, -0.25) is 19.2 Å². The topological polar surface area (TPSA) is 114 Å². The highest BCUT2D eigenvalue weighted by atomic mass is 16.6. The number of Topliss-reactive ketones (excluding diaryl/α,β-unsaturated/α-hetero) is 2. The molecule has 8 heteroatoms. The summed E-state index contributed by atoms with van der Waals surface area (Å²) >= 11 is 0. The molecule has 2 aliphatic rings. The van der Waals surface area contributed by atoms with Crippen molar-refractivity contribution in [1.29, 1.82) is 0 Å². The highest BCUT2D eigenvalue weighted by Gasteiger charge is 2.50. The second-order valence-electron chi connectivity index (χ2n) is 11.8. The molecular formula is C36H38N2O6. The van der Waals surface area contributed by atoms with Crippen molar-refractivity contribution in [1.82, 2.24) is 10.6 Å². The molecule has 5 rings (SSSR count). The van der Waals surface area contributed by atoms with Crippen LogP contribution in [0.2, 0.25) is 0 Å². The standard InChI is InChI=1S/C36H38N2O6/c1-23(37-34(41)29-19-26-11-7-8-12-27(26)20-29)32(39)21-28(17-25-13-15-30(43-3)16-14-25)35(42)38-31(33(40)36(2)22-44-36)18-24-9-5-4-6-10-24/h4-16,19,23,28,31H,17-18,20-22H2,1-3H3,(H,37,41)(H,38,42). The second-order valence-corrected chi connectivity index (χ2v) is 11.8. The summed E-state index contributed by atoms with van der Waals surface area (Å²) in [6.07, 6.45) is 2.81. The van der Waals surface area contributed by atoms with E-state index in [2.05, 4.69) is 10.6 Å². The Morgan fingerprint density at radius 1 is 0.886 bits per heavy atom. The quantitative estimate of drug-likeness (QED) is 0.273. The maximum absolute atomic E-state index is 13.9. The van der Waals surface area contributed by atoms with Crippen LogP contribution in [0.5, 0.6) is 5.75 Å². The van der Waals surface area contributed by atoms with Gasteiger partial charge in [-0.1, -0.05) is 66.7 Å². The molecule has 0 spiro atoms. The fourth-order valence-corrected chi connectivity index (χ4v) is 5.49. The van der Waals surface area contributed by atoms with E-state index in [-0.39, 0.29) is 30.3 Å². The lowest BCUT2D eigenvalue weighted by Gasteiger charge is -2.24. The van der Waals surface area contributed by atoms with E-state index in [0.717, 1.165) is 22.3 Å². The number of methoxy groups -OCH3 is 1. The van der Waals surface area contributed by atoms with Gasteiger partial charge in [-0.25, -0.2) is 0 Å². The summed E-state index contributed by atoms with van der Waals surface area (Å²) in [5.41, 5.74) is 3.47. The molecular weight excluding hydrogens is 556 g/mol. The lowest BCUT2D eigenvalue weighted by atomic mass is 9.89. The molecule has 2 N–H and O–H groups in total. The van der Waals surface area contributed by atoms with Gasteiger partial charge in [-0.2, -0.15) is 0 Å². The Hall–Kier alpha value is -4.56. The summed E-state index contributed by atoms with van der Waals surface area (Å²) in [5, 5.41) is 5.78. The van der Waals surface area contributed by atoms with Crippen LogP contribution in [0.1, 0.15) is 42.5 Å². The van der Waals surface area contributed by atoms with Gasteiger partial charge in [0, 0.05) is 24.3 Å². The predicted molar refractivity (Wildman–Crippen MR) is 167 cm³/mol. The number of carbonyl (C=O) groups excluding carboxylic acids is 4. The van der Waals surface area contributed by atoms with E-state index in [9.17, 15) is 19.2 Å². The number of epoxide rings is 1. The van der Waals surface area contributed by atoms with Gasteiger partial charge in [-0.05, 0) is 67.2 Å². The summed E-state index contributed by atoms with van der Waals surface area (Å²) in [6.45, 7) is 3.66. The first kappa shape index (κ1) is 30.9. The largest absolute Gasteiger partial charge is 0.497 e. The predicted octanol–water partition coefficient (Wildman–Crippen LogP) is 4.04. The molecule has 1 fully saturated rings. The van der Waals surface area contributed by atoms with E-state index in [1.54, 1.807) is 33.1 Å². The van der Waals surface area contributed by atoms with Crippen LogP contribution >= 0.6 is 0 Å². The number of benzene rings is 3. The van der Waals surface area contributed by atoms with Gasteiger partial charge in [0.25, 0.3) is 0 Å². The van der Waals surface area contributed by atoms with Crippen LogP contribution in [0.25, 0.3) is 6.08 Å². The van der Waals surface area contributed by atoms with Gasteiger partial charge < -0.3 is 20.1 Å². The van der Waals surface area contributed by atoms with E-state index in [1.165, 1.54) is 0 Å². The highest BCUT2D eigenvalue weighted by molar-refractivity contribution is 6.03. The van der Waals surface area contributed by atoms with E-state index >= 15 is 0 Å². The van der Waals surface area contributed by atoms with Crippen molar-refractivity contribution in [2.45, 2.75) is 57.2 Å². The van der Waals surface area contributed by atoms with Crippen molar-refractivity contribution in [3.05, 3.63) is 107 Å². The van der Waals surface area contributed by atoms with Crippen molar-refractivity contribution < 1.29 is 28.7 Å². The fourth-order valence-electron chi connectivity index (χ4n) is 5.49. The number of ketones is 2. The van der Waals surface area contributed by atoms with Crippen LogP contribution in [0, 0.1) is 5.92 Å². The number of amides is 2. The molecule has 0 bridgehead atoms. The van der Waals surface area contributed by atoms with Crippen LogP contribution in [0.3, 0.4) is 0 Å². The van der Waals surface area contributed by atoms with E-state index < -0.39 is 29.5 Å². The van der Waals surface area contributed by atoms with Gasteiger partial charge in [-0.15, -0.1) is 0 Å². The van der Waals surface area contributed by atoms with Gasteiger partial charge >= 0.3 is 0 Å². The van der Waals surface area contributed by atoms with E-state index in [1.807, 2.05) is 72.8 Å². The highest BCUT2D eigenvalue weighted by Crippen LogP contribution is 2.30. The molecule has 1 saturated heterocycles. The fraction of sp³-hybridized carbons (Fsp3) is 0.333. The number of carbonyl (C=O) groups is 4. The second kappa shape index (κ2) is 13.4. The number of hydrogen-bond acceptors (Lipinski definition) is 6. The Morgan fingerprint density at radius 3 is 2.20 bits per heavy atom. The number of ether oxygens (including phenoxy) is 2.